The van der Waals surface area contributed by atoms with Gasteiger partial charge in [-0.1, -0.05) is 36.8 Å². The second kappa shape index (κ2) is 7.81. The van der Waals surface area contributed by atoms with Crippen LogP contribution in [0.15, 0.2) is 48.5 Å². The molecule has 0 aliphatic carbocycles. The molecule has 3 nitrogen and oxygen atoms in total. The number of halogens is 1. The number of carbonyl (C=O) groups excluding carboxylic acids is 1. The lowest BCUT2D eigenvalue weighted by Crippen LogP contribution is -2.52. The lowest BCUT2D eigenvalue weighted by molar-refractivity contribution is 0.00905. The summed E-state index contributed by atoms with van der Waals surface area (Å²) in [6.45, 7) is 0.949. The van der Waals surface area contributed by atoms with E-state index < -0.39 is 5.82 Å². The van der Waals surface area contributed by atoms with E-state index in [1.54, 1.807) is 6.07 Å². The fourth-order valence-corrected chi connectivity index (χ4v) is 4.80. The standard InChI is InChI=1S/C23H26FNO2/c1-27-22-13-17(10-19(24)14-22)23(26)18-11-20-8-5-9-21(12-18)25(20)15-16-6-3-2-4-7-16/h2-4,6-7,10,13-14,18,20-21H,5,8-9,11-12,15H2,1H3. The third-order valence-corrected chi connectivity index (χ3v) is 6.10. The van der Waals surface area contributed by atoms with Crippen LogP contribution in [0.3, 0.4) is 0 Å². The number of ketones is 1. The Labute approximate surface area is 160 Å². The Kier molecular flexibility index (Phi) is 5.26. The van der Waals surface area contributed by atoms with Gasteiger partial charge in [-0.2, -0.15) is 0 Å². The van der Waals surface area contributed by atoms with Gasteiger partial charge in [-0.05, 0) is 43.4 Å². The van der Waals surface area contributed by atoms with Gasteiger partial charge in [0.2, 0.25) is 0 Å². The van der Waals surface area contributed by atoms with Crippen LogP contribution in [0.4, 0.5) is 4.39 Å². The third kappa shape index (κ3) is 3.91. The molecule has 0 N–H and O–H groups in total. The highest BCUT2D eigenvalue weighted by molar-refractivity contribution is 5.98. The maximum atomic E-state index is 13.8. The molecule has 2 aromatic rings. The van der Waals surface area contributed by atoms with Gasteiger partial charge in [-0.15, -0.1) is 0 Å². The van der Waals surface area contributed by atoms with Crippen molar-refractivity contribution in [2.75, 3.05) is 7.11 Å². The molecule has 2 fully saturated rings. The van der Waals surface area contributed by atoms with Crippen molar-refractivity contribution in [2.45, 2.75) is 50.7 Å². The van der Waals surface area contributed by atoms with Crippen LogP contribution in [0.5, 0.6) is 5.75 Å². The quantitative estimate of drug-likeness (QED) is 0.708. The summed E-state index contributed by atoms with van der Waals surface area (Å²) >= 11 is 0. The van der Waals surface area contributed by atoms with E-state index in [2.05, 4.69) is 29.2 Å². The van der Waals surface area contributed by atoms with Crippen molar-refractivity contribution in [1.29, 1.82) is 0 Å². The molecule has 0 radical (unpaired) electrons. The summed E-state index contributed by atoms with van der Waals surface area (Å²) in [6.07, 6.45) is 5.23. The Balaban J connectivity index is 1.51. The molecule has 2 aromatic carbocycles. The van der Waals surface area contributed by atoms with E-state index >= 15 is 0 Å². The molecule has 2 saturated heterocycles. The predicted octanol–water partition coefficient (Wildman–Crippen LogP) is 4.85. The summed E-state index contributed by atoms with van der Waals surface area (Å²) in [5, 5.41) is 0. The molecule has 2 bridgehead atoms. The summed E-state index contributed by atoms with van der Waals surface area (Å²) in [4.78, 5) is 15.7. The van der Waals surface area contributed by atoms with Gasteiger partial charge in [-0.3, -0.25) is 9.69 Å². The van der Waals surface area contributed by atoms with Crippen LogP contribution < -0.4 is 4.74 Å². The molecular formula is C23H26FNO2. The Bertz CT molecular complexity index is 793. The van der Waals surface area contributed by atoms with E-state index in [9.17, 15) is 9.18 Å². The van der Waals surface area contributed by atoms with E-state index in [0.717, 1.165) is 32.2 Å². The third-order valence-electron chi connectivity index (χ3n) is 6.10. The van der Waals surface area contributed by atoms with Gasteiger partial charge >= 0.3 is 0 Å². The molecule has 2 heterocycles. The molecule has 0 spiro atoms. The SMILES string of the molecule is COc1cc(F)cc(C(=O)C2CC3CCCC(C2)N3Cc2ccccc2)c1. The van der Waals surface area contributed by atoms with Gasteiger partial charge in [0, 0.05) is 36.2 Å². The summed E-state index contributed by atoms with van der Waals surface area (Å²) in [7, 11) is 1.50. The Hall–Kier alpha value is -2.20. The van der Waals surface area contributed by atoms with Crippen molar-refractivity contribution in [3.63, 3.8) is 0 Å². The van der Waals surface area contributed by atoms with E-state index in [4.69, 9.17) is 4.74 Å². The van der Waals surface area contributed by atoms with Crippen LogP contribution in [-0.2, 0) is 6.54 Å². The maximum absolute atomic E-state index is 13.8. The van der Waals surface area contributed by atoms with E-state index in [0.29, 0.717) is 23.4 Å². The number of ether oxygens (including phenoxy) is 1. The van der Waals surface area contributed by atoms with Gasteiger partial charge in [0.1, 0.15) is 11.6 Å². The van der Waals surface area contributed by atoms with Gasteiger partial charge < -0.3 is 4.74 Å². The van der Waals surface area contributed by atoms with Crippen molar-refractivity contribution >= 4 is 5.78 Å². The van der Waals surface area contributed by atoms with Crippen molar-refractivity contribution in [3.05, 3.63) is 65.5 Å². The summed E-state index contributed by atoms with van der Waals surface area (Å²) < 4.78 is 19.0. The summed E-state index contributed by atoms with van der Waals surface area (Å²) in [5.74, 6) is 0.0161. The molecular weight excluding hydrogens is 341 g/mol. The topological polar surface area (TPSA) is 29.5 Å². The smallest absolute Gasteiger partial charge is 0.166 e. The minimum atomic E-state index is -0.417. The number of hydrogen-bond donors (Lipinski definition) is 0. The number of rotatable bonds is 5. The molecule has 4 rings (SSSR count). The summed E-state index contributed by atoms with van der Waals surface area (Å²) in [5.41, 5.74) is 1.76. The molecule has 0 aromatic heterocycles. The second-order valence-corrected chi connectivity index (χ2v) is 7.81. The zero-order valence-corrected chi connectivity index (χ0v) is 15.7. The molecule has 2 atom stereocenters. The van der Waals surface area contributed by atoms with Crippen LogP contribution in [0.25, 0.3) is 0 Å². The lowest BCUT2D eigenvalue weighted by Gasteiger charge is -2.48. The van der Waals surface area contributed by atoms with E-state index in [-0.39, 0.29) is 11.7 Å². The fourth-order valence-electron chi connectivity index (χ4n) is 4.80. The van der Waals surface area contributed by atoms with Gasteiger partial charge in [0.15, 0.2) is 5.78 Å². The van der Waals surface area contributed by atoms with Gasteiger partial charge in [0.05, 0.1) is 7.11 Å². The minimum absolute atomic E-state index is 0.0289. The first-order valence-electron chi connectivity index (χ1n) is 9.82. The summed E-state index contributed by atoms with van der Waals surface area (Å²) in [6, 6.07) is 15.7. The normalized spacial score (nSPS) is 25.2. The molecule has 27 heavy (non-hydrogen) atoms. The van der Waals surface area contributed by atoms with Crippen LogP contribution in [0, 0.1) is 11.7 Å². The molecule has 2 aliphatic heterocycles. The number of methoxy groups -OCH3 is 1. The Morgan fingerprint density at radius 1 is 1.11 bits per heavy atom. The second-order valence-electron chi connectivity index (χ2n) is 7.81. The fraction of sp³-hybridized carbons (Fsp3) is 0.435. The Morgan fingerprint density at radius 3 is 2.48 bits per heavy atom. The first-order chi connectivity index (χ1) is 13.1. The number of carbonyl (C=O) groups is 1. The molecule has 142 valence electrons. The highest BCUT2D eigenvalue weighted by Gasteiger charge is 2.40. The molecule has 0 saturated carbocycles. The largest absolute Gasteiger partial charge is 0.497 e. The van der Waals surface area contributed by atoms with Gasteiger partial charge in [0.25, 0.3) is 0 Å². The van der Waals surface area contributed by atoms with Gasteiger partial charge in [-0.25, -0.2) is 4.39 Å². The zero-order valence-electron chi connectivity index (χ0n) is 15.7. The van der Waals surface area contributed by atoms with Crippen LogP contribution in [0.1, 0.15) is 48.0 Å². The average molecular weight is 367 g/mol. The monoisotopic (exact) mass is 367 g/mol. The van der Waals surface area contributed by atoms with Crippen LogP contribution in [-0.4, -0.2) is 29.9 Å². The molecule has 2 unspecified atom stereocenters. The van der Waals surface area contributed by atoms with Crippen LogP contribution in [0.2, 0.25) is 0 Å². The first kappa shape index (κ1) is 18.2. The lowest BCUT2D eigenvalue weighted by atomic mass is 9.75. The molecule has 0 amide bonds. The highest BCUT2D eigenvalue weighted by atomic mass is 19.1. The number of Topliss-reactive ketones (excluding diaryl/α,β-unsaturated/α-hetero) is 1. The highest BCUT2D eigenvalue weighted by Crippen LogP contribution is 2.39. The number of hydrogen-bond acceptors (Lipinski definition) is 3. The number of piperidine rings is 2. The van der Waals surface area contributed by atoms with Crippen molar-refractivity contribution in [1.82, 2.24) is 4.90 Å². The van der Waals surface area contributed by atoms with E-state index in [1.165, 1.54) is 31.2 Å². The van der Waals surface area contributed by atoms with Crippen molar-refractivity contribution in [2.24, 2.45) is 5.92 Å². The van der Waals surface area contributed by atoms with Crippen molar-refractivity contribution in [3.8, 4) is 5.75 Å². The zero-order chi connectivity index (χ0) is 18.8. The minimum Gasteiger partial charge on any atom is -0.497 e. The average Bonchev–Trinajstić information content (AvgIpc) is 2.67. The predicted molar refractivity (Wildman–Crippen MR) is 103 cm³/mol. The van der Waals surface area contributed by atoms with Crippen molar-refractivity contribution < 1.29 is 13.9 Å². The Morgan fingerprint density at radius 2 is 1.81 bits per heavy atom. The van der Waals surface area contributed by atoms with E-state index in [1.807, 2.05) is 6.07 Å². The van der Waals surface area contributed by atoms with Crippen LogP contribution >= 0.6 is 0 Å². The first-order valence-corrected chi connectivity index (χ1v) is 9.82. The number of benzene rings is 2. The number of fused-ring (bicyclic) bond motifs is 2. The molecule has 4 heteroatoms. The molecule has 2 aliphatic rings. The number of nitrogens with zero attached hydrogens (tertiary/aromatic N) is 1. The maximum Gasteiger partial charge on any atom is 0.166 e.